The smallest absolute Gasteiger partial charge is 0.0202 e. The number of hydrogen-bond donors (Lipinski definition) is 0. The van der Waals surface area contributed by atoms with Gasteiger partial charge in [-0.2, -0.15) is 0 Å². The molecule has 0 aliphatic heterocycles. The molecule has 0 saturated heterocycles. The summed E-state index contributed by atoms with van der Waals surface area (Å²) in [6.07, 6.45) is 23.5. The average molecular weight is 577 g/mol. The highest BCUT2D eigenvalue weighted by Crippen LogP contribution is 2.55. The zero-order valence-electron chi connectivity index (χ0n) is 25.8. The molecule has 0 radical (unpaired) electrons. The van der Waals surface area contributed by atoms with Gasteiger partial charge in [-0.25, -0.2) is 0 Å². The molecule has 0 nitrogen and oxygen atoms in total. The Morgan fingerprint density at radius 3 is 2.02 bits per heavy atom. The van der Waals surface area contributed by atoms with E-state index in [1.165, 1.54) is 66.8 Å². The van der Waals surface area contributed by atoms with Gasteiger partial charge in [0.15, 0.2) is 0 Å². The molecule has 9 rings (SSSR count). The lowest BCUT2D eigenvalue weighted by Crippen LogP contribution is -2.27. The molecule has 0 heteroatoms. The van der Waals surface area contributed by atoms with E-state index in [4.69, 9.17) is 0 Å². The van der Waals surface area contributed by atoms with Gasteiger partial charge < -0.3 is 0 Å². The molecule has 0 bridgehead atoms. The molecular weight excluding hydrogens is 540 g/mol. The first kappa shape index (κ1) is 26.5. The van der Waals surface area contributed by atoms with Crippen molar-refractivity contribution in [2.75, 3.05) is 0 Å². The second-order valence-electron chi connectivity index (χ2n) is 13.6. The summed E-state index contributed by atoms with van der Waals surface area (Å²) >= 11 is 0. The summed E-state index contributed by atoms with van der Waals surface area (Å²) in [6, 6.07) is 36.4. The standard InChI is InChI=1S/C45H36/c1-45(2)41-23-13-12-18-34(41)35-25-24-30(28-42(35)45)43-36-19-8-10-21-38(36)44(39-22-11-9-20-37(39)43)40-27-26-31(29-14-4-3-5-15-29)32-16-6-7-17-33(32)40/h3-28,31-32,38,44H,1-2H3. The highest BCUT2D eigenvalue weighted by molar-refractivity contribution is 5.91. The molecule has 0 aromatic heterocycles. The normalized spacial score (nSPS) is 24.7. The molecule has 5 aliphatic rings. The number of hydrogen-bond acceptors (Lipinski definition) is 0. The third-order valence-corrected chi connectivity index (χ3v) is 10.9. The third-order valence-electron chi connectivity index (χ3n) is 10.9. The fraction of sp³-hybridized carbons (Fsp3) is 0.156. The van der Waals surface area contributed by atoms with E-state index in [0.717, 1.165) is 0 Å². The fourth-order valence-corrected chi connectivity index (χ4v) is 8.85. The zero-order valence-corrected chi connectivity index (χ0v) is 25.8. The van der Waals surface area contributed by atoms with Gasteiger partial charge in [0, 0.05) is 29.1 Å². The molecule has 0 heterocycles. The van der Waals surface area contributed by atoms with Crippen LogP contribution in [0, 0.1) is 11.8 Å². The first-order valence-corrected chi connectivity index (χ1v) is 16.4. The number of allylic oxidation sites excluding steroid dienone is 13. The SMILES string of the molecule is CC1(C)c2ccccc2-c2ccc(C3=C4C=CC=CC4C(C4=C5C=CC=CC5C(c5ccccc5)C=C4)c4ccccc43)cc21. The molecule has 4 aromatic rings. The number of rotatable bonds is 3. The van der Waals surface area contributed by atoms with Crippen molar-refractivity contribution >= 4 is 5.57 Å². The summed E-state index contributed by atoms with van der Waals surface area (Å²) in [7, 11) is 0. The van der Waals surface area contributed by atoms with Crippen molar-refractivity contribution in [3.8, 4) is 11.1 Å². The summed E-state index contributed by atoms with van der Waals surface area (Å²) < 4.78 is 0. The van der Waals surface area contributed by atoms with Gasteiger partial charge in [-0.3, -0.25) is 0 Å². The van der Waals surface area contributed by atoms with Crippen LogP contribution in [0.4, 0.5) is 0 Å². The first-order valence-electron chi connectivity index (χ1n) is 16.4. The number of fused-ring (bicyclic) bond motifs is 6. The predicted octanol–water partition coefficient (Wildman–Crippen LogP) is 11.0. The predicted molar refractivity (Wildman–Crippen MR) is 188 cm³/mol. The van der Waals surface area contributed by atoms with Gasteiger partial charge in [0.1, 0.15) is 0 Å². The first-order chi connectivity index (χ1) is 22.1. The van der Waals surface area contributed by atoms with Gasteiger partial charge in [0.2, 0.25) is 0 Å². The largest absolute Gasteiger partial charge is 0.0761 e. The fourth-order valence-electron chi connectivity index (χ4n) is 8.85. The molecule has 216 valence electrons. The Morgan fingerprint density at radius 2 is 1.18 bits per heavy atom. The molecule has 0 amide bonds. The molecular formula is C45H36. The maximum atomic E-state index is 2.50. The third kappa shape index (κ3) is 3.91. The lowest BCUT2D eigenvalue weighted by molar-refractivity contribution is 0.602. The summed E-state index contributed by atoms with van der Waals surface area (Å²) in [5, 5.41) is 0. The van der Waals surface area contributed by atoms with Crippen LogP contribution in [0.2, 0.25) is 0 Å². The van der Waals surface area contributed by atoms with Crippen LogP contribution in [-0.2, 0) is 5.41 Å². The van der Waals surface area contributed by atoms with Gasteiger partial charge in [-0.05, 0) is 72.9 Å². The molecule has 0 spiro atoms. The molecule has 45 heavy (non-hydrogen) atoms. The van der Waals surface area contributed by atoms with E-state index >= 15 is 0 Å². The lowest BCUT2D eigenvalue weighted by atomic mass is 9.62. The van der Waals surface area contributed by atoms with E-state index in [1.807, 2.05) is 0 Å². The Hall–Kier alpha value is -4.94. The minimum Gasteiger partial charge on any atom is -0.0761 e. The Bertz CT molecular complexity index is 2080. The molecule has 0 saturated carbocycles. The van der Waals surface area contributed by atoms with Crippen LogP contribution in [0.1, 0.15) is 59.1 Å². The molecule has 5 aliphatic carbocycles. The summed E-state index contributed by atoms with van der Waals surface area (Å²) in [5.74, 6) is 1.19. The van der Waals surface area contributed by atoms with Gasteiger partial charge >= 0.3 is 0 Å². The van der Waals surface area contributed by atoms with Gasteiger partial charge in [0.05, 0.1) is 0 Å². The van der Waals surface area contributed by atoms with Crippen molar-refractivity contribution in [1.82, 2.24) is 0 Å². The van der Waals surface area contributed by atoms with E-state index in [2.05, 4.69) is 172 Å². The number of benzene rings is 4. The summed E-state index contributed by atoms with van der Waals surface area (Å²) in [4.78, 5) is 0. The van der Waals surface area contributed by atoms with Crippen molar-refractivity contribution in [3.05, 3.63) is 208 Å². The Balaban J connectivity index is 1.21. The van der Waals surface area contributed by atoms with Crippen LogP contribution in [0.15, 0.2) is 175 Å². The quantitative estimate of drug-likeness (QED) is 0.228. The topological polar surface area (TPSA) is 0 Å². The van der Waals surface area contributed by atoms with E-state index in [9.17, 15) is 0 Å². The van der Waals surface area contributed by atoms with E-state index in [-0.39, 0.29) is 17.3 Å². The van der Waals surface area contributed by atoms with Crippen LogP contribution in [-0.4, -0.2) is 0 Å². The summed E-state index contributed by atoms with van der Waals surface area (Å²) in [5.41, 5.74) is 16.8. The highest BCUT2D eigenvalue weighted by Gasteiger charge is 2.40. The molecule has 4 atom stereocenters. The minimum atomic E-state index is -0.0316. The van der Waals surface area contributed by atoms with Crippen molar-refractivity contribution in [3.63, 3.8) is 0 Å². The Kier molecular flexibility index (Phi) is 5.91. The molecule has 0 N–H and O–H groups in total. The Labute approximate surface area is 266 Å². The van der Waals surface area contributed by atoms with Crippen LogP contribution in [0.5, 0.6) is 0 Å². The van der Waals surface area contributed by atoms with Crippen molar-refractivity contribution < 1.29 is 0 Å². The Morgan fingerprint density at radius 1 is 0.489 bits per heavy atom. The van der Waals surface area contributed by atoms with Gasteiger partial charge in [-0.1, -0.05) is 166 Å². The van der Waals surface area contributed by atoms with Crippen LogP contribution < -0.4 is 0 Å². The van der Waals surface area contributed by atoms with Crippen LogP contribution >= 0.6 is 0 Å². The van der Waals surface area contributed by atoms with Crippen LogP contribution in [0.25, 0.3) is 16.7 Å². The monoisotopic (exact) mass is 576 g/mol. The van der Waals surface area contributed by atoms with Crippen molar-refractivity contribution in [2.45, 2.75) is 31.1 Å². The van der Waals surface area contributed by atoms with E-state index < -0.39 is 0 Å². The van der Waals surface area contributed by atoms with E-state index in [0.29, 0.717) is 11.8 Å². The second-order valence-corrected chi connectivity index (χ2v) is 13.6. The zero-order chi connectivity index (χ0) is 30.1. The van der Waals surface area contributed by atoms with Crippen molar-refractivity contribution in [1.29, 1.82) is 0 Å². The molecule has 0 fully saturated rings. The maximum absolute atomic E-state index is 2.50. The van der Waals surface area contributed by atoms with Gasteiger partial charge in [-0.15, -0.1) is 0 Å². The molecule has 4 unspecified atom stereocenters. The van der Waals surface area contributed by atoms with E-state index in [1.54, 1.807) is 0 Å². The molecule has 4 aromatic carbocycles. The maximum Gasteiger partial charge on any atom is 0.0202 e. The average Bonchev–Trinajstić information content (AvgIpc) is 3.33. The lowest BCUT2D eigenvalue weighted by Gasteiger charge is -2.40. The highest BCUT2D eigenvalue weighted by atomic mass is 14.4. The summed E-state index contributed by atoms with van der Waals surface area (Å²) in [6.45, 7) is 4.76. The van der Waals surface area contributed by atoms with Gasteiger partial charge in [0.25, 0.3) is 0 Å². The second kappa shape index (κ2) is 10.0. The van der Waals surface area contributed by atoms with Crippen LogP contribution in [0.3, 0.4) is 0 Å². The minimum absolute atomic E-state index is 0.0316. The van der Waals surface area contributed by atoms with Crippen molar-refractivity contribution in [2.24, 2.45) is 11.8 Å².